The molecule has 2 aliphatic rings. The molecule has 2 aromatic rings. The number of hydrogen-bond donors (Lipinski definition) is 2. The highest BCUT2D eigenvalue weighted by Gasteiger charge is 2.36. The molecule has 8 heteroatoms. The molecular weight excluding hydrogens is 378 g/mol. The first kappa shape index (κ1) is 18.5. The molecule has 146 valence electrons. The van der Waals surface area contributed by atoms with Crippen LogP contribution in [0.15, 0.2) is 47.4 Å². The summed E-state index contributed by atoms with van der Waals surface area (Å²) in [5.41, 5.74) is 3.25. The van der Waals surface area contributed by atoms with Gasteiger partial charge in [0.05, 0.1) is 4.90 Å². The van der Waals surface area contributed by atoms with E-state index in [9.17, 15) is 18.0 Å². The van der Waals surface area contributed by atoms with Gasteiger partial charge in [-0.25, -0.2) is 17.9 Å². The molecule has 0 saturated heterocycles. The van der Waals surface area contributed by atoms with E-state index in [4.69, 9.17) is 0 Å². The fourth-order valence-corrected chi connectivity index (χ4v) is 4.22. The van der Waals surface area contributed by atoms with Gasteiger partial charge in [-0.15, -0.1) is 0 Å². The highest BCUT2D eigenvalue weighted by Crippen LogP contribution is 2.37. The molecule has 1 saturated carbocycles. The summed E-state index contributed by atoms with van der Waals surface area (Å²) >= 11 is 0. The molecule has 28 heavy (non-hydrogen) atoms. The molecular formula is C20H21N3O4S. The number of fused-ring (bicyclic) bond motifs is 1. The Balaban J connectivity index is 1.44. The molecule has 3 amide bonds. The van der Waals surface area contributed by atoms with Crippen LogP contribution in [0.1, 0.15) is 24.0 Å². The van der Waals surface area contributed by atoms with E-state index in [0.717, 1.165) is 29.7 Å². The van der Waals surface area contributed by atoms with Gasteiger partial charge < -0.3 is 10.2 Å². The number of sulfonamides is 1. The third kappa shape index (κ3) is 3.73. The van der Waals surface area contributed by atoms with Gasteiger partial charge in [-0.3, -0.25) is 4.79 Å². The number of benzene rings is 2. The van der Waals surface area contributed by atoms with Gasteiger partial charge in [0.1, 0.15) is 0 Å². The maximum atomic E-state index is 12.3. The molecule has 0 atom stereocenters. The summed E-state index contributed by atoms with van der Waals surface area (Å²) in [7, 11) is -3.95. The average molecular weight is 399 g/mol. The van der Waals surface area contributed by atoms with Crippen molar-refractivity contribution in [1.29, 1.82) is 0 Å². The zero-order valence-corrected chi connectivity index (χ0v) is 16.3. The van der Waals surface area contributed by atoms with Gasteiger partial charge in [0.15, 0.2) is 0 Å². The molecule has 7 nitrogen and oxygen atoms in total. The molecule has 1 aliphatic carbocycles. The number of nitrogens with one attached hydrogen (secondary N) is 2. The fraction of sp³-hybridized carbons (Fsp3) is 0.300. The van der Waals surface area contributed by atoms with Crippen LogP contribution in [0.3, 0.4) is 0 Å². The van der Waals surface area contributed by atoms with E-state index in [1.54, 1.807) is 35.2 Å². The molecule has 0 aromatic heterocycles. The maximum absolute atomic E-state index is 12.3. The zero-order valence-electron chi connectivity index (χ0n) is 15.4. The molecule has 1 fully saturated rings. The summed E-state index contributed by atoms with van der Waals surface area (Å²) in [6.45, 7) is 2.49. The van der Waals surface area contributed by atoms with Crippen molar-refractivity contribution in [2.75, 3.05) is 16.8 Å². The van der Waals surface area contributed by atoms with Crippen molar-refractivity contribution in [3.8, 4) is 0 Å². The number of anilines is 2. The lowest BCUT2D eigenvalue weighted by molar-refractivity contribution is -0.119. The summed E-state index contributed by atoms with van der Waals surface area (Å²) in [4.78, 5) is 26.3. The smallest absolute Gasteiger partial charge is 0.312 e. The van der Waals surface area contributed by atoms with Gasteiger partial charge >= 0.3 is 6.03 Å². The normalized spacial score (nSPS) is 15.8. The second-order valence-electron chi connectivity index (χ2n) is 7.23. The minimum absolute atomic E-state index is 0.0245. The minimum Gasteiger partial charge on any atom is -0.312 e. The summed E-state index contributed by atoms with van der Waals surface area (Å²) < 4.78 is 26.6. The van der Waals surface area contributed by atoms with Crippen LogP contribution in [-0.4, -0.2) is 26.9 Å². The monoisotopic (exact) mass is 399 g/mol. The topological polar surface area (TPSA) is 95.6 Å². The Kier molecular flexibility index (Phi) is 4.58. The number of amides is 3. The third-order valence-electron chi connectivity index (χ3n) is 4.98. The fourth-order valence-electron chi connectivity index (χ4n) is 3.31. The highest BCUT2D eigenvalue weighted by atomic mass is 32.2. The van der Waals surface area contributed by atoms with Crippen molar-refractivity contribution in [1.82, 2.24) is 4.72 Å². The lowest BCUT2D eigenvalue weighted by Gasteiger charge is -2.17. The Morgan fingerprint density at radius 3 is 2.46 bits per heavy atom. The van der Waals surface area contributed by atoms with Crippen molar-refractivity contribution in [2.45, 2.75) is 31.1 Å². The Morgan fingerprint density at radius 2 is 1.79 bits per heavy atom. The number of carbonyl (C=O) groups excluding carboxylic acids is 2. The molecule has 0 spiro atoms. The molecule has 1 aliphatic heterocycles. The number of urea groups is 1. The number of carbonyl (C=O) groups is 2. The number of rotatable bonds is 4. The quantitative estimate of drug-likeness (QED) is 0.826. The van der Waals surface area contributed by atoms with E-state index in [1.807, 2.05) is 11.6 Å². The van der Waals surface area contributed by atoms with Crippen LogP contribution in [0.4, 0.5) is 16.2 Å². The molecule has 0 bridgehead atoms. The van der Waals surface area contributed by atoms with Crippen molar-refractivity contribution >= 4 is 33.3 Å². The summed E-state index contributed by atoms with van der Waals surface area (Å²) in [5.74, 6) is 0.322. The van der Waals surface area contributed by atoms with E-state index in [-0.39, 0.29) is 16.7 Å². The largest absolute Gasteiger partial charge is 0.333 e. The van der Waals surface area contributed by atoms with Crippen LogP contribution in [0.2, 0.25) is 0 Å². The predicted octanol–water partition coefficient (Wildman–Crippen LogP) is 2.80. The third-order valence-corrected chi connectivity index (χ3v) is 6.33. The molecule has 0 unspecified atom stereocenters. The van der Waals surface area contributed by atoms with Gasteiger partial charge in [-0.2, -0.15) is 0 Å². The summed E-state index contributed by atoms with van der Waals surface area (Å²) in [6, 6.07) is 10.7. The van der Waals surface area contributed by atoms with E-state index in [1.165, 1.54) is 12.1 Å². The predicted molar refractivity (Wildman–Crippen MR) is 106 cm³/mol. The van der Waals surface area contributed by atoms with Crippen LogP contribution >= 0.6 is 0 Å². The van der Waals surface area contributed by atoms with Gasteiger partial charge in [0.2, 0.25) is 5.91 Å². The van der Waals surface area contributed by atoms with Crippen LogP contribution < -0.4 is 14.9 Å². The van der Waals surface area contributed by atoms with E-state index < -0.39 is 16.1 Å². The number of aryl methyl sites for hydroxylation is 1. The lowest BCUT2D eigenvalue weighted by atomic mass is 10.1. The zero-order chi connectivity index (χ0) is 19.9. The highest BCUT2D eigenvalue weighted by molar-refractivity contribution is 7.90. The second kappa shape index (κ2) is 6.94. The van der Waals surface area contributed by atoms with Crippen LogP contribution in [-0.2, 0) is 21.2 Å². The molecule has 2 N–H and O–H groups in total. The van der Waals surface area contributed by atoms with Crippen molar-refractivity contribution in [3.05, 3.63) is 53.6 Å². The minimum atomic E-state index is -3.95. The summed E-state index contributed by atoms with van der Waals surface area (Å²) in [6.07, 6.45) is 2.63. The average Bonchev–Trinajstić information content (AvgIpc) is 3.41. The van der Waals surface area contributed by atoms with E-state index in [2.05, 4.69) is 5.32 Å². The van der Waals surface area contributed by atoms with Crippen molar-refractivity contribution in [3.63, 3.8) is 0 Å². The van der Waals surface area contributed by atoms with E-state index >= 15 is 0 Å². The Hall–Kier alpha value is -2.87. The molecule has 4 rings (SSSR count). The van der Waals surface area contributed by atoms with E-state index in [0.29, 0.717) is 18.7 Å². The molecule has 2 aromatic carbocycles. The van der Waals surface area contributed by atoms with Crippen LogP contribution in [0.5, 0.6) is 0 Å². The van der Waals surface area contributed by atoms with Crippen molar-refractivity contribution in [2.24, 2.45) is 5.92 Å². The van der Waals surface area contributed by atoms with Gasteiger partial charge in [0, 0.05) is 23.8 Å². The Morgan fingerprint density at radius 1 is 1.07 bits per heavy atom. The van der Waals surface area contributed by atoms with Gasteiger partial charge in [0.25, 0.3) is 10.0 Å². The first-order valence-corrected chi connectivity index (χ1v) is 10.7. The first-order chi connectivity index (χ1) is 13.3. The van der Waals surface area contributed by atoms with Crippen LogP contribution in [0, 0.1) is 12.8 Å². The van der Waals surface area contributed by atoms with Crippen molar-refractivity contribution < 1.29 is 18.0 Å². The Labute approximate surface area is 163 Å². The maximum Gasteiger partial charge on any atom is 0.333 e. The first-order valence-electron chi connectivity index (χ1n) is 9.18. The van der Waals surface area contributed by atoms with Gasteiger partial charge in [-0.1, -0.05) is 17.7 Å². The number of hydrogen-bond acceptors (Lipinski definition) is 4. The van der Waals surface area contributed by atoms with Gasteiger partial charge in [-0.05, 0) is 62.1 Å². The number of nitrogens with zero attached hydrogens (tertiary/aromatic N) is 1. The SMILES string of the molecule is Cc1ccc(S(=O)(=O)NC(=O)Nc2ccc3c(c2)CCN3C(=O)C2CC2)cc1. The molecule has 0 radical (unpaired) electrons. The molecule has 1 heterocycles. The Bertz CT molecular complexity index is 1040. The summed E-state index contributed by atoms with van der Waals surface area (Å²) in [5, 5.41) is 2.56. The lowest BCUT2D eigenvalue weighted by Crippen LogP contribution is -2.34. The standard InChI is InChI=1S/C20H21N3O4S/c1-13-2-7-17(8-3-13)28(26,27)22-20(25)21-16-6-9-18-15(12-16)10-11-23(18)19(24)14-4-5-14/h2-3,6-9,12,14H,4-5,10-11H2,1H3,(H2,21,22,25). The second-order valence-corrected chi connectivity index (χ2v) is 8.91. The van der Waals surface area contributed by atoms with Crippen LogP contribution in [0.25, 0.3) is 0 Å².